The van der Waals surface area contributed by atoms with Crippen LogP contribution in [0.4, 0.5) is 0 Å². The van der Waals surface area contributed by atoms with E-state index in [-0.39, 0.29) is 0 Å². The highest BCUT2D eigenvalue weighted by atomic mass is 32.2. The molecule has 0 aromatic heterocycles. The Kier molecular flexibility index (Phi) is 3.99. The van der Waals surface area contributed by atoms with E-state index in [2.05, 4.69) is 6.92 Å². The van der Waals surface area contributed by atoms with E-state index < -0.39 is 26.3 Å². The molecule has 0 aromatic carbocycles. The predicted molar refractivity (Wildman–Crippen MR) is 62.0 cm³/mol. The van der Waals surface area contributed by atoms with Crippen molar-refractivity contribution in [1.29, 1.82) is 0 Å². The topological polar surface area (TPSA) is 71.4 Å². The van der Waals surface area contributed by atoms with Crippen molar-refractivity contribution in [2.45, 2.75) is 50.5 Å². The Labute approximate surface area is 97.0 Å². The summed E-state index contributed by atoms with van der Waals surface area (Å²) in [7, 11) is -3.52. The molecule has 0 aromatic rings. The van der Waals surface area contributed by atoms with E-state index in [1.54, 1.807) is 0 Å². The van der Waals surface area contributed by atoms with E-state index in [0.717, 1.165) is 6.42 Å². The third kappa shape index (κ3) is 2.56. The van der Waals surface area contributed by atoms with E-state index in [1.165, 1.54) is 6.92 Å². The summed E-state index contributed by atoms with van der Waals surface area (Å²) in [5.41, 5.74) is 0. The first-order valence-corrected chi connectivity index (χ1v) is 7.33. The molecule has 1 aliphatic carbocycles. The normalized spacial score (nSPS) is 33.3. The maximum atomic E-state index is 12.0. The van der Waals surface area contributed by atoms with Crippen molar-refractivity contribution in [3.8, 4) is 0 Å². The van der Waals surface area contributed by atoms with Gasteiger partial charge in [0, 0.05) is 0 Å². The van der Waals surface area contributed by atoms with Gasteiger partial charge < -0.3 is 5.11 Å². The molecule has 0 aliphatic heterocycles. The molecule has 0 amide bonds. The fourth-order valence-electron chi connectivity index (χ4n) is 2.23. The summed E-state index contributed by atoms with van der Waals surface area (Å²) in [4.78, 5) is 10.8. The summed E-state index contributed by atoms with van der Waals surface area (Å²) in [6.07, 6.45) is 2.07. The Bertz CT molecular complexity index is 360. The van der Waals surface area contributed by atoms with E-state index in [1.807, 2.05) is 6.92 Å². The first kappa shape index (κ1) is 13.5. The van der Waals surface area contributed by atoms with Crippen LogP contribution in [0.2, 0.25) is 0 Å². The SMILES string of the molecule is CC1CCC(S(=O)(=O)C(C)C(=O)O)CC1C. The lowest BCUT2D eigenvalue weighted by atomic mass is 9.81. The summed E-state index contributed by atoms with van der Waals surface area (Å²) in [5.74, 6) is -0.354. The fourth-order valence-corrected chi connectivity index (χ4v) is 4.12. The lowest BCUT2D eigenvalue weighted by Gasteiger charge is -2.32. The molecule has 0 bridgehead atoms. The predicted octanol–water partition coefficient (Wildman–Crippen LogP) is 1.70. The number of carboxylic acid groups (broad SMARTS) is 1. The molecule has 1 rings (SSSR count). The van der Waals surface area contributed by atoms with Crippen molar-refractivity contribution in [3.63, 3.8) is 0 Å². The second-order valence-corrected chi connectivity index (χ2v) is 7.51. The first-order valence-electron chi connectivity index (χ1n) is 5.72. The molecule has 1 N–H and O–H groups in total. The number of rotatable bonds is 3. The highest BCUT2D eigenvalue weighted by Crippen LogP contribution is 2.34. The summed E-state index contributed by atoms with van der Waals surface area (Å²) in [6, 6.07) is 0. The van der Waals surface area contributed by atoms with Gasteiger partial charge in [-0.1, -0.05) is 13.8 Å². The maximum absolute atomic E-state index is 12.0. The number of carboxylic acids is 1. The monoisotopic (exact) mass is 248 g/mol. The fraction of sp³-hybridized carbons (Fsp3) is 0.909. The van der Waals surface area contributed by atoms with Crippen LogP contribution in [0, 0.1) is 11.8 Å². The second-order valence-electron chi connectivity index (χ2n) is 4.96. The molecule has 4 atom stereocenters. The average molecular weight is 248 g/mol. The van der Waals surface area contributed by atoms with E-state index in [9.17, 15) is 13.2 Å². The van der Waals surface area contributed by atoms with Crippen LogP contribution in [0.15, 0.2) is 0 Å². The molecule has 0 radical (unpaired) electrons. The van der Waals surface area contributed by atoms with Crippen LogP contribution < -0.4 is 0 Å². The van der Waals surface area contributed by atoms with Crippen molar-refractivity contribution in [1.82, 2.24) is 0 Å². The zero-order valence-electron chi connectivity index (χ0n) is 10.0. The lowest BCUT2D eigenvalue weighted by Crippen LogP contribution is -2.39. The van der Waals surface area contributed by atoms with Gasteiger partial charge in [-0.2, -0.15) is 0 Å². The summed E-state index contributed by atoms with van der Waals surface area (Å²) < 4.78 is 24.0. The van der Waals surface area contributed by atoms with Gasteiger partial charge in [-0.15, -0.1) is 0 Å². The van der Waals surface area contributed by atoms with Crippen molar-refractivity contribution in [2.75, 3.05) is 0 Å². The van der Waals surface area contributed by atoms with Crippen molar-refractivity contribution in [2.24, 2.45) is 11.8 Å². The second kappa shape index (κ2) is 4.73. The van der Waals surface area contributed by atoms with Crippen LogP contribution in [0.5, 0.6) is 0 Å². The van der Waals surface area contributed by atoms with Gasteiger partial charge in [0.1, 0.15) is 0 Å². The standard InChI is InChI=1S/C11H20O4S/c1-7-4-5-10(6-8(7)2)16(14,15)9(3)11(12)13/h7-10H,4-6H2,1-3H3,(H,12,13). The Morgan fingerprint density at radius 1 is 1.25 bits per heavy atom. The quantitative estimate of drug-likeness (QED) is 0.825. The average Bonchev–Trinajstić information content (AvgIpc) is 2.20. The van der Waals surface area contributed by atoms with Gasteiger partial charge in [-0.25, -0.2) is 8.42 Å². The largest absolute Gasteiger partial charge is 0.480 e. The molecular formula is C11H20O4S. The third-order valence-electron chi connectivity index (χ3n) is 3.86. The Morgan fingerprint density at radius 3 is 2.25 bits per heavy atom. The van der Waals surface area contributed by atoms with Crippen LogP contribution in [-0.2, 0) is 14.6 Å². The molecule has 1 saturated carbocycles. The molecule has 4 unspecified atom stereocenters. The number of hydrogen-bond donors (Lipinski definition) is 1. The lowest BCUT2D eigenvalue weighted by molar-refractivity contribution is -0.136. The Balaban J connectivity index is 2.82. The minimum Gasteiger partial charge on any atom is -0.480 e. The molecule has 16 heavy (non-hydrogen) atoms. The molecule has 1 fully saturated rings. The number of sulfone groups is 1. The minimum absolute atomic E-state index is 0.356. The molecule has 0 saturated heterocycles. The molecule has 5 heteroatoms. The van der Waals surface area contributed by atoms with Gasteiger partial charge in [0.25, 0.3) is 0 Å². The Morgan fingerprint density at radius 2 is 1.81 bits per heavy atom. The zero-order valence-corrected chi connectivity index (χ0v) is 10.8. The van der Waals surface area contributed by atoms with E-state index in [0.29, 0.717) is 24.7 Å². The molecule has 0 spiro atoms. The van der Waals surface area contributed by atoms with Gasteiger partial charge in [-0.3, -0.25) is 4.79 Å². The van der Waals surface area contributed by atoms with Gasteiger partial charge in [0.2, 0.25) is 0 Å². The molecule has 1 aliphatic rings. The van der Waals surface area contributed by atoms with Crippen LogP contribution in [0.3, 0.4) is 0 Å². The van der Waals surface area contributed by atoms with Crippen LogP contribution in [0.25, 0.3) is 0 Å². The maximum Gasteiger partial charge on any atom is 0.321 e. The van der Waals surface area contributed by atoms with Gasteiger partial charge in [-0.05, 0) is 38.0 Å². The number of hydrogen-bond acceptors (Lipinski definition) is 3. The van der Waals surface area contributed by atoms with Gasteiger partial charge in [0.15, 0.2) is 15.1 Å². The van der Waals surface area contributed by atoms with Crippen LogP contribution >= 0.6 is 0 Å². The first-order chi connectivity index (χ1) is 7.26. The minimum atomic E-state index is -3.52. The summed E-state index contributed by atoms with van der Waals surface area (Å²) in [6.45, 7) is 5.42. The highest BCUT2D eigenvalue weighted by Gasteiger charge is 2.39. The number of carbonyl (C=O) groups is 1. The van der Waals surface area contributed by atoms with E-state index in [4.69, 9.17) is 5.11 Å². The van der Waals surface area contributed by atoms with Crippen molar-refractivity contribution in [3.05, 3.63) is 0 Å². The zero-order chi connectivity index (χ0) is 12.5. The van der Waals surface area contributed by atoms with Crippen LogP contribution in [0.1, 0.15) is 40.0 Å². The Hall–Kier alpha value is -0.580. The molecular weight excluding hydrogens is 228 g/mol. The smallest absolute Gasteiger partial charge is 0.321 e. The summed E-state index contributed by atoms with van der Waals surface area (Å²) in [5, 5.41) is 7.04. The molecule has 94 valence electrons. The van der Waals surface area contributed by atoms with Gasteiger partial charge >= 0.3 is 5.97 Å². The highest BCUT2D eigenvalue weighted by molar-refractivity contribution is 7.93. The molecule has 0 heterocycles. The molecule has 4 nitrogen and oxygen atoms in total. The third-order valence-corrected chi connectivity index (χ3v) is 6.40. The van der Waals surface area contributed by atoms with E-state index >= 15 is 0 Å². The van der Waals surface area contributed by atoms with Crippen LogP contribution in [-0.4, -0.2) is 30.0 Å². The van der Waals surface area contributed by atoms with Gasteiger partial charge in [0.05, 0.1) is 5.25 Å². The summed E-state index contributed by atoms with van der Waals surface area (Å²) >= 11 is 0. The van der Waals surface area contributed by atoms with Crippen molar-refractivity contribution < 1.29 is 18.3 Å². The van der Waals surface area contributed by atoms with Crippen molar-refractivity contribution >= 4 is 15.8 Å². The number of aliphatic carboxylic acids is 1.